The maximum atomic E-state index is 13.1. The van der Waals surface area contributed by atoms with Gasteiger partial charge in [-0.2, -0.15) is 0 Å². The summed E-state index contributed by atoms with van der Waals surface area (Å²) in [6.07, 6.45) is 6.78. The number of nitrogens with two attached hydrogens (primary N) is 1. The Balaban J connectivity index is 2.16. The van der Waals surface area contributed by atoms with Gasteiger partial charge in [0, 0.05) is 24.5 Å². The topological polar surface area (TPSA) is 46.3 Å². The summed E-state index contributed by atoms with van der Waals surface area (Å²) in [6, 6.07) is 0.275. The molecule has 1 aliphatic heterocycles. The molecule has 2 fully saturated rings. The van der Waals surface area contributed by atoms with E-state index in [1.165, 1.54) is 12.8 Å². The van der Waals surface area contributed by atoms with E-state index in [0.717, 1.165) is 32.2 Å². The summed E-state index contributed by atoms with van der Waals surface area (Å²) in [5, 5.41) is 0. The van der Waals surface area contributed by atoms with E-state index < -0.39 is 0 Å². The van der Waals surface area contributed by atoms with Gasteiger partial charge in [0.25, 0.3) is 0 Å². The molecule has 0 spiro atoms. The zero-order valence-electron chi connectivity index (χ0n) is 12.8. The molecule has 0 radical (unpaired) electrons. The first-order valence-electron chi connectivity index (χ1n) is 8.01. The van der Waals surface area contributed by atoms with E-state index in [9.17, 15) is 4.79 Å². The lowest BCUT2D eigenvalue weighted by Gasteiger charge is -2.37. The second-order valence-corrected chi connectivity index (χ2v) is 7.15. The minimum Gasteiger partial charge on any atom is -0.338 e. The number of carbonyl (C=O) groups excluding carboxylic acids is 1. The molecule has 2 unspecified atom stereocenters. The van der Waals surface area contributed by atoms with Crippen molar-refractivity contribution in [2.75, 3.05) is 13.1 Å². The molecule has 0 aromatic carbocycles. The van der Waals surface area contributed by atoms with E-state index in [0.29, 0.717) is 24.3 Å². The summed E-state index contributed by atoms with van der Waals surface area (Å²) < 4.78 is 0. The number of amides is 1. The minimum atomic E-state index is -0.0638. The zero-order chi connectivity index (χ0) is 14.0. The molecule has 1 saturated carbocycles. The van der Waals surface area contributed by atoms with Gasteiger partial charge in [-0.15, -0.1) is 0 Å². The van der Waals surface area contributed by atoms with Crippen molar-refractivity contribution in [2.45, 2.75) is 65.3 Å². The first-order valence-corrected chi connectivity index (χ1v) is 8.01. The van der Waals surface area contributed by atoms with Crippen LogP contribution in [0.2, 0.25) is 0 Å². The maximum Gasteiger partial charge on any atom is 0.229 e. The van der Waals surface area contributed by atoms with Gasteiger partial charge in [0.1, 0.15) is 0 Å². The fourth-order valence-corrected chi connectivity index (χ4v) is 4.26. The van der Waals surface area contributed by atoms with Gasteiger partial charge >= 0.3 is 0 Å². The second-order valence-electron chi connectivity index (χ2n) is 7.15. The Hall–Kier alpha value is -0.570. The molecule has 0 aromatic heterocycles. The van der Waals surface area contributed by atoms with E-state index in [1.807, 2.05) is 0 Å². The fourth-order valence-electron chi connectivity index (χ4n) is 4.26. The number of likely N-dealkylation sites (tertiary alicyclic amines) is 1. The van der Waals surface area contributed by atoms with Crippen LogP contribution in [-0.4, -0.2) is 29.9 Å². The monoisotopic (exact) mass is 266 g/mol. The highest BCUT2D eigenvalue weighted by molar-refractivity contribution is 5.83. The van der Waals surface area contributed by atoms with E-state index in [2.05, 4.69) is 25.7 Å². The van der Waals surface area contributed by atoms with Crippen LogP contribution in [0, 0.1) is 17.3 Å². The molecule has 1 aliphatic carbocycles. The highest BCUT2D eigenvalue weighted by Crippen LogP contribution is 2.46. The number of hydrogen-bond acceptors (Lipinski definition) is 2. The standard InChI is InChI=1S/C16H30N2O/c1-12(2)10-16(7-4-5-8-16)15(19)18-9-6-13(3)14(18)11-17/h12-14H,4-11,17H2,1-3H3. The first-order chi connectivity index (χ1) is 9.00. The molecule has 2 aliphatic rings. The first kappa shape index (κ1) is 14.8. The predicted molar refractivity (Wildman–Crippen MR) is 78.7 cm³/mol. The zero-order valence-corrected chi connectivity index (χ0v) is 12.8. The Morgan fingerprint density at radius 2 is 2.00 bits per heavy atom. The molecule has 0 bridgehead atoms. The van der Waals surface area contributed by atoms with Crippen molar-refractivity contribution in [3.63, 3.8) is 0 Å². The lowest BCUT2D eigenvalue weighted by Crippen LogP contribution is -2.49. The summed E-state index contributed by atoms with van der Waals surface area (Å²) in [6.45, 7) is 8.24. The van der Waals surface area contributed by atoms with Crippen LogP contribution in [0.15, 0.2) is 0 Å². The molecule has 2 atom stereocenters. The van der Waals surface area contributed by atoms with Crippen molar-refractivity contribution < 1.29 is 4.79 Å². The Kier molecular flexibility index (Phi) is 4.54. The SMILES string of the molecule is CC(C)CC1(C(=O)N2CCC(C)C2CN)CCCC1. The van der Waals surface area contributed by atoms with Crippen LogP contribution in [0.4, 0.5) is 0 Å². The van der Waals surface area contributed by atoms with Gasteiger partial charge < -0.3 is 10.6 Å². The Bertz CT molecular complexity index is 321. The third-order valence-corrected chi connectivity index (χ3v) is 5.20. The quantitative estimate of drug-likeness (QED) is 0.850. The largest absolute Gasteiger partial charge is 0.338 e. The van der Waals surface area contributed by atoms with E-state index >= 15 is 0 Å². The molecular formula is C16H30N2O. The molecule has 1 amide bonds. The van der Waals surface area contributed by atoms with Crippen LogP contribution in [0.1, 0.15) is 59.3 Å². The van der Waals surface area contributed by atoms with Crippen molar-refractivity contribution in [3.05, 3.63) is 0 Å². The van der Waals surface area contributed by atoms with Gasteiger partial charge in [0.05, 0.1) is 0 Å². The average Bonchev–Trinajstić information content (AvgIpc) is 2.95. The Morgan fingerprint density at radius 3 is 2.53 bits per heavy atom. The molecule has 3 heteroatoms. The molecule has 1 heterocycles. The second kappa shape index (κ2) is 5.82. The molecule has 3 nitrogen and oxygen atoms in total. The van der Waals surface area contributed by atoms with Crippen molar-refractivity contribution >= 4 is 5.91 Å². The van der Waals surface area contributed by atoms with E-state index in [1.54, 1.807) is 0 Å². The minimum absolute atomic E-state index is 0.0638. The summed E-state index contributed by atoms with van der Waals surface area (Å²) >= 11 is 0. The molecule has 1 saturated heterocycles. The van der Waals surface area contributed by atoms with Crippen LogP contribution in [0.5, 0.6) is 0 Å². The van der Waals surface area contributed by atoms with Crippen molar-refractivity contribution in [1.29, 1.82) is 0 Å². The van der Waals surface area contributed by atoms with Crippen molar-refractivity contribution in [2.24, 2.45) is 23.0 Å². The fraction of sp³-hybridized carbons (Fsp3) is 0.938. The van der Waals surface area contributed by atoms with Gasteiger partial charge in [-0.3, -0.25) is 4.79 Å². The molecule has 2 rings (SSSR count). The summed E-state index contributed by atoms with van der Waals surface area (Å²) in [7, 11) is 0. The molecular weight excluding hydrogens is 236 g/mol. The Labute approximate surface area is 117 Å². The summed E-state index contributed by atoms with van der Waals surface area (Å²) in [4.78, 5) is 15.2. The van der Waals surface area contributed by atoms with Crippen LogP contribution in [0.25, 0.3) is 0 Å². The van der Waals surface area contributed by atoms with Crippen LogP contribution < -0.4 is 5.73 Å². The van der Waals surface area contributed by atoms with Gasteiger partial charge in [0.15, 0.2) is 0 Å². The average molecular weight is 266 g/mol. The third-order valence-electron chi connectivity index (χ3n) is 5.20. The normalized spacial score (nSPS) is 30.3. The van der Waals surface area contributed by atoms with Gasteiger partial charge in [0.2, 0.25) is 5.91 Å². The number of nitrogens with zero attached hydrogens (tertiary/aromatic N) is 1. The predicted octanol–water partition coefficient (Wildman–Crippen LogP) is 2.79. The van der Waals surface area contributed by atoms with Crippen LogP contribution in [-0.2, 0) is 4.79 Å². The van der Waals surface area contributed by atoms with Crippen LogP contribution in [0.3, 0.4) is 0 Å². The highest BCUT2D eigenvalue weighted by atomic mass is 16.2. The van der Waals surface area contributed by atoms with Crippen LogP contribution >= 0.6 is 0 Å². The van der Waals surface area contributed by atoms with Crippen molar-refractivity contribution in [1.82, 2.24) is 4.90 Å². The lowest BCUT2D eigenvalue weighted by atomic mass is 9.77. The lowest BCUT2D eigenvalue weighted by molar-refractivity contribution is -0.144. The van der Waals surface area contributed by atoms with Gasteiger partial charge in [-0.25, -0.2) is 0 Å². The maximum absolute atomic E-state index is 13.1. The smallest absolute Gasteiger partial charge is 0.229 e. The van der Waals surface area contributed by atoms with Gasteiger partial charge in [-0.05, 0) is 37.5 Å². The Morgan fingerprint density at radius 1 is 1.37 bits per heavy atom. The number of rotatable bonds is 4. The molecule has 2 N–H and O–H groups in total. The molecule has 19 heavy (non-hydrogen) atoms. The highest BCUT2D eigenvalue weighted by Gasteiger charge is 2.46. The molecule has 0 aromatic rings. The molecule has 110 valence electrons. The third kappa shape index (κ3) is 2.81. The van der Waals surface area contributed by atoms with E-state index in [-0.39, 0.29) is 11.5 Å². The van der Waals surface area contributed by atoms with Crippen molar-refractivity contribution in [3.8, 4) is 0 Å². The summed E-state index contributed by atoms with van der Waals surface area (Å²) in [5.74, 6) is 1.57. The van der Waals surface area contributed by atoms with Gasteiger partial charge in [-0.1, -0.05) is 33.6 Å². The van der Waals surface area contributed by atoms with E-state index in [4.69, 9.17) is 5.73 Å². The number of hydrogen-bond donors (Lipinski definition) is 1. The number of carbonyl (C=O) groups is 1. The summed E-state index contributed by atoms with van der Waals surface area (Å²) in [5.41, 5.74) is 5.84.